The summed E-state index contributed by atoms with van der Waals surface area (Å²) in [6.07, 6.45) is 0. The van der Waals surface area contributed by atoms with E-state index in [1.165, 1.54) is 0 Å². The van der Waals surface area contributed by atoms with Crippen molar-refractivity contribution in [3.63, 3.8) is 0 Å². The van der Waals surface area contributed by atoms with Gasteiger partial charge in [0.1, 0.15) is 0 Å². The van der Waals surface area contributed by atoms with Crippen LogP contribution in [0.2, 0.25) is 0 Å². The normalized spacial score (nSPS) is 22.0. The second-order valence-electron chi connectivity index (χ2n) is 1.39. The SMILES string of the molecule is N/N=C1\NC(=O)NC1=O. The second-order valence-corrected chi connectivity index (χ2v) is 1.39. The number of amides is 3. The molecule has 48 valence electrons. The Bertz CT molecular complexity index is 196. The number of nitrogens with two attached hydrogens (primary N) is 1. The fraction of sp³-hybridized carbons (Fsp3) is 0. The summed E-state index contributed by atoms with van der Waals surface area (Å²) in [6, 6.07) is -0.593. The summed E-state index contributed by atoms with van der Waals surface area (Å²) in [5, 5.41) is 6.99. The molecule has 0 aromatic heterocycles. The molecule has 0 aromatic carbocycles. The van der Waals surface area contributed by atoms with Crippen LogP contribution in [0, 0.1) is 0 Å². The molecule has 0 saturated carbocycles. The maximum atomic E-state index is 10.4. The summed E-state index contributed by atoms with van der Waals surface area (Å²) < 4.78 is 0. The van der Waals surface area contributed by atoms with Crippen LogP contribution in [0.4, 0.5) is 4.79 Å². The van der Waals surface area contributed by atoms with Gasteiger partial charge in [0.15, 0.2) is 0 Å². The number of urea groups is 1. The number of carbonyl (C=O) groups excluding carboxylic acids is 2. The van der Waals surface area contributed by atoms with Gasteiger partial charge in [0.25, 0.3) is 5.91 Å². The molecular weight excluding hydrogens is 124 g/mol. The molecule has 1 aliphatic heterocycles. The average molecular weight is 128 g/mol. The predicted molar refractivity (Wildman–Crippen MR) is 28.3 cm³/mol. The highest BCUT2D eigenvalue weighted by Crippen LogP contribution is 1.80. The van der Waals surface area contributed by atoms with Crippen molar-refractivity contribution in [2.45, 2.75) is 0 Å². The van der Waals surface area contributed by atoms with E-state index >= 15 is 0 Å². The zero-order chi connectivity index (χ0) is 6.85. The van der Waals surface area contributed by atoms with Crippen molar-refractivity contribution in [3.8, 4) is 0 Å². The van der Waals surface area contributed by atoms with E-state index in [1.807, 2.05) is 5.32 Å². The molecule has 1 rings (SSSR count). The molecular formula is C3H4N4O2. The molecule has 0 atom stereocenters. The number of hydrogen-bond donors (Lipinski definition) is 3. The summed E-state index contributed by atoms with van der Waals surface area (Å²) in [5.74, 6) is 3.95. The number of imide groups is 1. The molecule has 1 fully saturated rings. The molecule has 1 heterocycles. The van der Waals surface area contributed by atoms with Gasteiger partial charge in [-0.15, -0.1) is 0 Å². The van der Waals surface area contributed by atoms with Crippen molar-refractivity contribution < 1.29 is 9.59 Å². The topological polar surface area (TPSA) is 96.6 Å². The Hall–Kier alpha value is -1.59. The molecule has 1 saturated heterocycles. The quantitative estimate of drug-likeness (QED) is 0.202. The first-order valence-corrected chi connectivity index (χ1v) is 2.14. The number of rotatable bonds is 0. The van der Waals surface area contributed by atoms with Crippen molar-refractivity contribution in [2.24, 2.45) is 10.9 Å². The van der Waals surface area contributed by atoms with Crippen LogP contribution in [-0.2, 0) is 4.79 Å². The van der Waals surface area contributed by atoms with Gasteiger partial charge in [0.05, 0.1) is 0 Å². The Morgan fingerprint density at radius 2 is 2.00 bits per heavy atom. The molecule has 0 spiro atoms. The maximum absolute atomic E-state index is 10.4. The van der Waals surface area contributed by atoms with Crippen LogP contribution in [0.3, 0.4) is 0 Å². The van der Waals surface area contributed by atoms with Crippen molar-refractivity contribution in [1.29, 1.82) is 0 Å². The van der Waals surface area contributed by atoms with Crippen molar-refractivity contribution >= 4 is 17.8 Å². The van der Waals surface area contributed by atoms with Crippen LogP contribution >= 0.6 is 0 Å². The summed E-state index contributed by atoms with van der Waals surface area (Å²) in [5.41, 5.74) is 0. The van der Waals surface area contributed by atoms with E-state index in [9.17, 15) is 9.59 Å². The Labute approximate surface area is 50.1 Å². The highest BCUT2D eigenvalue weighted by molar-refractivity contribution is 6.47. The molecule has 9 heavy (non-hydrogen) atoms. The minimum Gasteiger partial charge on any atom is -0.321 e. The van der Waals surface area contributed by atoms with Crippen LogP contribution in [0.25, 0.3) is 0 Å². The number of carbonyl (C=O) groups is 2. The average Bonchev–Trinajstić information content (AvgIpc) is 2.10. The lowest BCUT2D eigenvalue weighted by Crippen LogP contribution is -2.23. The van der Waals surface area contributed by atoms with Gasteiger partial charge in [-0.25, -0.2) is 4.79 Å². The van der Waals surface area contributed by atoms with Gasteiger partial charge in [0, 0.05) is 0 Å². The highest BCUT2D eigenvalue weighted by Gasteiger charge is 2.24. The van der Waals surface area contributed by atoms with E-state index in [0.717, 1.165) is 0 Å². The zero-order valence-corrected chi connectivity index (χ0v) is 4.34. The van der Waals surface area contributed by atoms with Gasteiger partial charge in [0.2, 0.25) is 5.84 Å². The molecule has 3 amide bonds. The Morgan fingerprint density at radius 3 is 2.22 bits per heavy atom. The molecule has 6 heteroatoms. The lowest BCUT2D eigenvalue weighted by Gasteiger charge is -1.83. The molecule has 6 nitrogen and oxygen atoms in total. The van der Waals surface area contributed by atoms with E-state index in [-0.39, 0.29) is 5.84 Å². The molecule has 0 aliphatic carbocycles. The monoisotopic (exact) mass is 128 g/mol. The number of amidine groups is 1. The van der Waals surface area contributed by atoms with Gasteiger partial charge >= 0.3 is 6.03 Å². The lowest BCUT2D eigenvalue weighted by molar-refractivity contribution is -0.113. The lowest BCUT2D eigenvalue weighted by atomic mass is 10.6. The first-order valence-electron chi connectivity index (χ1n) is 2.14. The summed E-state index contributed by atoms with van der Waals surface area (Å²) in [4.78, 5) is 20.7. The largest absolute Gasteiger partial charge is 0.327 e. The van der Waals surface area contributed by atoms with Gasteiger partial charge in [-0.2, -0.15) is 5.10 Å². The van der Waals surface area contributed by atoms with Crippen molar-refractivity contribution in [2.75, 3.05) is 0 Å². The van der Waals surface area contributed by atoms with Gasteiger partial charge in [-0.3, -0.25) is 15.4 Å². The van der Waals surface area contributed by atoms with Crippen LogP contribution < -0.4 is 16.5 Å². The fourth-order valence-corrected chi connectivity index (χ4v) is 0.449. The van der Waals surface area contributed by atoms with Crippen molar-refractivity contribution in [1.82, 2.24) is 10.6 Å². The highest BCUT2D eigenvalue weighted by atomic mass is 16.2. The minimum atomic E-state index is -0.595. The van der Waals surface area contributed by atoms with E-state index in [4.69, 9.17) is 5.84 Å². The van der Waals surface area contributed by atoms with Gasteiger partial charge in [-0.05, 0) is 0 Å². The molecule has 0 unspecified atom stereocenters. The van der Waals surface area contributed by atoms with E-state index < -0.39 is 11.9 Å². The number of nitrogens with one attached hydrogen (secondary N) is 2. The summed E-state index contributed by atoms with van der Waals surface area (Å²) >= 11 is 0. The number of hydrazone groups is 1. The van der Waals surface area contributed by atoms with Crippen LogP contribution in [-0.4, -0.2) is 17.8 Å². The van der Waals surface area contributed by atoms with E-state index in [2.05, 4.69) is 10.4 Å². The third kappa shape index (κ3) is 0.809. The first kappa shape index (κ1) is 5.54. The molecule has 4 N–H and O–H groups in total. The van der Waals surface area contributed by atoms with Gasteiger partial charge in [-0.1, -0.05) is 0 Å². The van der Waals surface area contributed by atoms with E-state index in [0.29, 0.717) is 0 Å². The van der Waals surface area contributed by atoms with Crippen LogP contribution in [0.5, 0.6) is 0 Å². The summed E-state index contributed by atoms with van der Waals surface area (Å²) in [7, 11) is 0. The smallest absolute Gasteiger partial charge is 0.321 e. The third-order valence-corrected chi connectivity index (χ3v) is 0.803. The molecule has 0 aromatic rings. The standard InChI is InChI=1S/C3H4N4O2/c4-7-1-2(8)6-3(9)5-1/h4H2,(H2,5,6,7,8,9). The number of nitrogens with zero attached hydrogens (tertiary/aromatic N) is 1. The predicted octanol–water partition coefficient (Wildman–Crippen LogP) is -1.90. The van der Waals surface area contributed by atoms with Crippen LogP contribution in [0.15, 0.2) is 5.10 Å². The molecule has 0 radical (unpaired) electrons. The van der Waals surface area contributed by atoms with Gasteiger partial charge < -0.3 is 5.84 Å². The van der Waals surface area contributed by atoms with Crippen molar-refractivity contribution in [3.05, 3.63) is 0 Å². The fourth-order valence-electron chi connectivity index (χ4n) is 0.449. The summed E-state index contributed by atoms with van der Waals surface area (Å²) in [6.45, 7) is 0. The molecule has 1 aliphatic rings. The second kappa shape index (κ2) is 1.73. The minimum absolute atomic E-state index is 0.153. The Morgan fingerprint density at radius 1 is 1.33 bits per heavy atom. The van der Waals surface area contributed by atoms with Crippen LogP contribution in [0.1, 0.15) is 0 Å². The Kier molecular flexibility index (Phi) is 1.07. The first-order chi connectivity index (χ1) is 4.24. The maximum Gasteiger partial charge on any atom is 0.327 e. The zero-order valence-electron chi connectivity index (χ0n) is 4.34. The Balaban J connectivity index is 2.81. The van der Waals surface area contributed by atoms with E-state index in [1.54, 1.807) is 0 Å². The third-order valence-electron chi connectivity index (χ3n) is 0.803. The molecule has 0 bridgehead atoms. The number of hydrogen-bond acceptors (Lipinski definition) is 4.